The highest BCUT2D eigenvalue weighted by molar-refractivity contribution is 9.10. The van der Waals surface area contributed by atoms with E-state index in [0.29, 0.717) is 12.5 Å². The number of hydrogen-bond acceptors (Lipinski definition) is 2. The predicted molar refractivity (Wildman–Crippen MR) is 104 cm³/mol. The van der Waals surface area contributed by atoms with E-state index in [1.165, 1.54) is 5.56 Å². The molecule has 1 rings (SSSR count). The SMILES string of the molecule is CCCNC(=NCC(=O)N(C)C)NCC(C)(C)c1ccccc1Br. The van der Waals surface area contributed by atoms with Crippen LogP contribution in [0.5, 0.6) is 0 Å². The average Bonchev–Trinajstić information content (AvgIpc) is 2.53. The third-order valence-corrected chi connectivity index (χ3v) is 4.41. The highest BCUT2D eigenvalue weighted by Gasteiger charge is 2.23. The van der Waals surface area contributed by atoms with E-state index in [-0.39, 0.29) is 17.9 Å². The van der Waals surface area contributed by atoms with Gasteiger partial charge in [-0.2, -0.15) is 0 Å². The second-order valence-corrected chi connectivity index (χ2v) is 7.45. The molecule has 0 aliphatic carbocycles. The molecule has 0 aliphatic heterocycles. The second kappa shape index (κ2) is 9.67. The first-order chi connectivity index (χ1) is 11.3. The van der Waals surface area contributed by atoms with Crippen LogP contribution in [0.4, 0.5) is 0 Å². The molecular formula is C18H29BrN4O. The maximum atomic E-state index is 11.7. The number of likely N-dealkylation sites (N-methyl/N-ethyl adjacent to an activating group) is 1. The fraction of sp³-hybridized carbons (Fsp3) is 0.556. The van der Waals surface area contributed by atoms with Gasteiger partial charge in [-0.25, -0.2) is 4.99 Å². The van der Waals surface area contributed by atoms with Crippen LogP contribution in [0.15, 0.2) is 33.7 Å². The van der Waals surface area contributed by atoms with E-state index in [4.69, 9.17) is 0 Å². The first-order valence-electron chi connectivity index (χ1n) is 8.25. The van der Waals surface area contributed by atoms with Gasteiger partial charge in [0.2, 0.25) is 5.91 Å². The molecule has 1 aromatic carbocycles. The summed E-state index contributed by atoms with van der Waals surface area (Å²) in [5.74, 6) is 0.657. The molecule has 0 spiro atoms. The zero-order chi connectivity index (χ0) is 18.2. The Bertz CT molecular complexity index is 570. The molecule has 0 heterocycles. The minimum Gasteiger partial charge on any atom is -0.356 e. The average molecular weight is 397 g/mol. The largest absolute Gasteiger partial charge is 0.356 e. The van der Waals surface area contributed by atoms with Crippen molar-refractivity contribution in [1.82, 2.24) is 15.5 Å². The van der Waals surface area contributed by atoms with Crippen molar-refractivity contribution in [1.29, 1.82) is 0 Å². The zero-order valence-corrected chi connectivity index (χ0v) is 16.9. The van der Waals surface area contributed by atoms with Gasteiger partial charge in [0.05, 0.1) is 0 Å². The van der Waals surface area contributed by atoms with Gasteiger partial charge in [0, 0.05) is 37.1 Å². The lowest BCUT2D eigenvalue weighted by Crippen LogP contribution is -2.44. The number of carbonyl (C=O) groups is 1. The molecular weight excluding hydrogens is 368 g/mol. The molecule has 0 fully saturated rings. The number of nitrogens with zero attached hydrogens (tertiary/aromatic N) is 2. The molecule has 0 saturated heterocycles. The summed E-state index contributed by atoms with van der Waals surface area (Å²) in [5, 5.41) is 6.62. The van der Waals surface area contributed by atoms with E-state index in [2.05, 4.69) is 64.5 Å². The van der Waals surface area contributed by atoms with Gasteiger partial charge in [-0.1, -0.05) is 54.9 Å². The van der Waals surface area contributed by atoms with Crippen molar-refractivity contribution >= 4 is 27.8 Å². The Morgan fingerprint density at radius 3 is 2.50 bits per heavy atom. The smallest absolute Gasteiger partial charge is 0.243 e. The predicted octanol–water partition coefficient (Wildman–Crippen LogP) is 2.76. The Morgan fingerprint density at radius 2 is 1.92 bits per heavy atom. The Labute approximate surface area is 154 Å². The minimum absolute atomic E-state index is 0.0161. The van der Waals surface area contributed by atoms with Crippen molar-refractivity contribution in [3.05, 3.63) is 34.3 Å². The first kappa shape index (κ1) is 20.5. The van der Waals surface area contributed by atoms with Gasteiger partial charge < -0.3 is 15.5 Å². The number of guanidine groups is 1. The topological polar surface area (TPSA) is 56.7 Å². The highest BCUT2D eigenvalue weighted by Crippen LogP contribution is 2.29. The Hall–Kier alpha value is -1.56. The molecule has 1 amide bonds. The fourth-order valence-electron chi connectivity index (χ4n) is 2.12. The third-order valence-electron chi connectivity index (χ3n) is 3.71. The molecule has 5 nitrogen and oxygen atoms in total. The number of carbonyl (C=O) groups excluding carboxylic acids is 1. The van der Waals surface area contributed by atoms with Crippen LogP contribution in [0, 0.1) is 0 Å². The zero-order valence-electron chi connectivity index (χ0n) is 15.3. The Morgan fingerprint density at radius 1 is 1.25 bits per heavy atom. The summed E-state index contributed by atoms with van der Waals surface area (Å²) in [6, 6.07) is 8.23. The van der Waals surface area contributed by atoms with E-state index < -0.39 is 0 Å². The molecule has 1 aromatic rings. The monoisotopic (exact) mass is 396 g/mol. The lowest BCUT2D eigenvalue weighted by Gasteiger charge is -2.28. The summed E-state index contributed by atoms with van der Waals surface area (Å²) in [4.78, 5) is 17.7. The third kappa shape index (κ3) is 6.51. The molecule has 0 saturated carbocycles. The van der Waals surface area contributed by atoms with Crippen LogP contribution in [-0.2, 0) is 10.2 Å². The van der Waals surface area contributed by atoms with Crippen molar-refractivity contribution < 1.29 is 4.79 Å². The van der Waals surface area contributed by atoms with Crippen LogP contribution in [0.25, 0.3) is 0 Å². The lowest BCUT2D eigenvalue weighted by molar-refractivity contribution is -0.127. The maximum Gasteiger partial charge on any atom is 0.243 e. The van der Waals surface area contributed by atoms with Crippen LogP contribution in [0.3, 0.4) is 0 Å². The number of amides is 1. The van der Waals surface area contributed by atoms with Crippen LogP contribution in [0.1, 0.15) is 32.8 Å². The number of rotatable bonds is 7. The Kier molecular flexibility index (Phi) is 8.25. The van der Waals surface area contributed by atoms with Crippen molar-refractivity contribution in [2.24, 2.45) is 4.99 Å². The molecule has 0 aromatic heterocycles. The number of benzene rings is 1. The van der Waals surface area contributed by atoms with Gasteiger partial charge >= 0.3 is 0 Å². The van der Waals surface area contributed by atoms with Crippen LogP contribution in [-0.4, -0.2) is 50.5 Å². The van der Waals surface area contributed by atoms with Gasteiger partial charge in [0.25, 0.3) is 0 Å². The van der Waals surface area contributed by atoms with Gasteiger partial charge in [-0.15, -0.1) is 0 Å². The number of hydrogen-bond donors (Lipinski definition) is 2. The van der Waals surface area contributed by atoms with Gasteiger partial charge in [-0.05, 0) is 18.1 Å². The van der Waals surface area contributed by atoms with E-state index >= 15 is 0 Å². The molecule has 0 radical (unpaired) electrons. The molecule has 24 heavy (non-hydrogen) atoms. The van der Waals surface area contributed by atoms with Gasteiger partial charge in [0.15, 0.2) is 5.96 Å². The molecule has 0 atom stereocenters. The van der Waals surface area contributed by atoms with E-state index in [9.17, 15) is 4.79 Å². The fourth-order valence-corrected chi connectivity index (χ4v) is 2.94. The normalized spacial score (nSPS) is 12.0. The van der Waals surface area contributed by atoms with E-state index in [1.807, 2.05) is 12.1 Å². The quantitative estimate of drug-likeness (QED) is 0.550. The minimum atomic E-state index is -0.0830. The lowest BCUT2D eigenvalue weighted by atomic mass is 9.84. The van der Waals surface area contributed by atoms with Crippen LogP contribution >= 0.6 is 15.9 Å². The highest BCUT2D eigenvalue weighted by atomic mass is 79.9. The van der Waals surface area contributed by atoms with Gasteiger partial charge in [0.1, 0.15) is 6.54 Å². The maximum absolute atomic E-state index is 11.7. The van der Waals surface area contributed by atoms with Crippen molar-refractivity contribution in [3.8, 4) is 0 Å². The molecule has 2 N–H and O–H groups in total. The first-order valence-corrected chi connectivity index (χ1v) is 9.04. The molecule has 6 heteroatoms. The van der Waals surface area contributed by atoms with Crippen molar-refractivity contribution in [2.45, 2.75) is 32.6 Å². The summed E-state index contributed by atoms with van der Waals surface area (Å²) in [5.41, 5.74) is 1.15. The number of halogens is 1. The van der Waals surface area contributed by atoms with Gasteiger partial charge in [-0.3, -0.25) is 4.79 Å². The number of nitrogens with one attached hydrogen (secondary N) is 2. The summed E-state index contributed by atoms with van der Waals surface area (Å²) in [7, 11) is 3.47. The van der Waals surface area contributed by atoms with E-state index in [1.54, 1.807) is 19.0 Å². The summed E-state index contributed by atoms with van der Waals surface area (Å²) < 4.78 is 1.10. The van der Waals surface area contributed by atoms with Crippen LogP contribution < -0.4 is 10.6 Å². The van der Waals surface area contributed by atoms with Crippen LogP contribution in [0.2, 0.25) is 0 Å². The van der Waals surface area contributed by atoms with Crippen molar-refractivity contribution in [3.63, 3.8) is 0 Å². The summed E-state index contributed by atoms with van der Waals surface area (Å²) in [6.45, 7) is 8.13. The molecule has 0 bridgehead atoms. The molecule has 134 valence electrons. The number of aliphatic imine (C=N–C) groups is 1. The summed E-state index contributed by atoms with van der Waals surface area (Å²) >= 11 is 3.62. The molecule has 0 unspecified atom stereocenters. The molecule has 0 aliphatic rings. The van der Waals surface area contributed by atoms with Crippen molar-refractivity contribution in [2.75, 3.05) is 33.7 Å². The van der Waals surface area contributed by atoms with E-state index in [0.717, 1.165) is 17.4 Å². The second-order valence-electron chi connectivity index (χ2n) is 6.60. The standard InChI is InChI=1S/C18H29BrN4O/c1-6-11-20-17(21-12-16(24)23(4)5)22-13-18(2,3)14-9-7-8-10-15(14)19/h7-10H,6,11-13H2,1-5H3,(H2,20,21,22). The Balaban J connectivity index is 2.77. The summed E-state index contributed by atoms with van der Waals surface area (Å²) in [6.07, 6.45) is 0.996.